The second kappa shape index (κ2) is 9.49. The van der Waals surface area contributed by atoms with Crippen LogP contribution in [0.2, 0.25) is 0 Å². The van der Waals surface area contributed by atoms with E-state index >= 15 is 0 Å². The van der Waals surface area contributed by atoms with Gasteiger partial charge in [-0.15, -0.1) is 5.92 Å². The Hall–Kier alpha value is -3.58. The van der Waals surface area contributed by atoms with Gasteiger partial charge >= 0.3 is 0 Å². The fourth-order valence-electron chi connectivity index (χ4n) is 3.69. The van der Waals surface area contributed by atoms with E-state index in [4.69, 9.17) is 15.5 Å². The normalized spacial score (nSPS) is 11.6. The number of benzene rings is 2. The summed E-state index contributed by atoms with van der Waals surface area (Å²) >= 11 is 0. The predicted molar refractivity (Wildman–Crippen MR) is 127 cm³/mol. The Balaban J connectivity index is 2.26. The number of pyridine rings is 1. The van der Waals surface area contributed by atoms with Gasteiger partial charge in [-0.1, -0.05) is 25.0 Å². The number of nitrogens with zero attached hydrogens (tertiary/aromatic N) is 1. The third-order valence-electron chi connectivity index (χ3n) is 5.50. The molecule has 0 aliphatic rings. The quantitative estimate of drug-likeness (QED) is 0.393. The molecule has 0 saturated heterocycles. The van der Waals surface area contributed by atoms with Gasteiger partial charge in [0.05, 0.1) is 18.4 Å². The average molecular weight is 415 g/mol. The summed E-state index contributed by atoms with van der Waals surface area (Å²) in [7, 11) is 1.63. The number of nitrogens with two attached hydrogens (primary N) is 1. The number of hydrogen-bond donors (Lipinski definition) is 1. The Morgan fingerprint density at radius 1 is 1.16 bits per heavy atom. The molecule has 2 N–H and O–H groups in total. The lowest BCUT2D eigenvalue weighted by Crippen LogP contribution is -2.00. The Morgan fingerprint density at radius 2 is 1.94 bits per heavy atom. The molecule has 0 amide bonds. The number of methoxy groups -OCH3 is 1. The lowest BCUT2D eigenvalue weighted by molar-refractivity contribution is 0.419. The number of aromatic nitrogens is 1. The smallest absolute Gasteiger partial charge is 0.145 e. The van der Waals surface area contributed by atoms with E-state index in [-0.39, 0.29) is 5.82 Å². The summed E-state index contributed by atoms with van der Waals surface area (Å²) in [5, 5.41) is 0.984. The highest BCUT2D eigenvalue weighted by molar-refractivity contribution is 5.94. The van der Waals surface area contributed by atoms with Crippen LogP contribution in [0, 0.1) is 31.5 Å². The van der Waals surface area contributed by atoms with Crippen molar-refractivity contribution < 1.29 is 9.13 Å². The molecule has 2 aromatic carbocycles. The predicted octanol–water partition coefficient (Wildman–Crippen LogP) is 6.30. The van der Waals surface area contributed by atoms with Crippen LogP contribution in [0.25, 0.3) is 27.6 Å². The van der Waals surface area contributed by atoms with Gasteiger partial charge in [0.15, 0.2) is 0 Å². The number of halogens is 1. The van der Waals surface area contributed by atoms with E-state index in [0.29, 0.717) is 11.3 Å². The topological polar surface area (TPSA) is 48.1 Å². The third-order valence-corrected chi connectivity index (χ3v) is 5.50. The molecular formula is C27H27FN2O. The Kier molecular flexibility index (Phi) is 6.77. The molecule has 3 aromatic rings. The fourth-order valence-corrected chi connectivity index (χ4v) is 3.69. The van der Waals surface area contributed by atoms with Crippen molar-refractivity contribution in [2.45, 2.75) is 34.1 Å². The summed E-state index contributed by atoms with van der Waals surface area (Å²) in [5.41, 5.74) is 12.6. The van der Waals surface area contributed by atoms with Crippen LogP contribution in [0.5, 0.6) is 5.75 Å². The van der Waals surface area contributed by atoms with Gasteiger partial charge in [0.25, 0.3) is 0 Å². The van der Waals surface area contributed by atoms with Crippen LogP contribution in [0.1, 0.15) is 42.7 Å². The van der Waals surface area contributed by atoms with Gasteiger partial charge in [0.2, 0.25) is 0 Å². The SMILES string of the molecule is CC#Cc1ccc(-c2cc(OC)c3nc(C(=CC=CN)CC)c(C)c(C)c3c2)cc1F. The van der Waals surface area contributed by atoms with Gasteiger partial charge < -0.3 is 10.5 Å². The van der Waals surface area contributed by atoms with E-state index < -0.39 is 0 Å². The molecule has 0 atom stereocenters. The summed E-state index contributed by atoms with van der Waals surface area (Å²) in [5.74, 6) is 5.84. The highest BCUT2D eigenvalue weighted by atomic mass is 19.1. The maximum atomic E-state index is 14.5. The van der Waals surface area contributed by atoms with Gasteiger partial charge in [0, 0.05) is 5.39 Å². The summed E-state index contributed by atoms with van der Waals surface area (Å²) in [4.78, 5) is 4.96. The molecular weight excluding hydrogens is 387 g/mol. The highest BCUT2D eigenvalue weighted by Gasteiger charge is 2.16. The Bertz CT molecular complexity index is 1260. The zero-order valence-electron chi connectivity index (χ0n) is 18.6. The monoisotopic (exact) mass is 414 g/mol. The van der Waals surface area contributed by atoms with E-state index in [0.717, 1.165) is 50.8 Å². The van der Waals surface area contributed by atoms with E-state index in [1.165, 1.54) is 12.3 Å². The second-order valence-corrected chi connectivity index (χ2v) is 7.29. The molecule has 0 radical (unpaired) electrons. The van der Waals surface area contributed by atoms with Crippen molar-refractivity contribution in [1.29, 1.82) is 0 Å². The number of hydrogen-bond acceptors (Lipinski definition) is 3. The average Bonchev–Trinajstić information content (AvgIpc) is 2.78. The van der Waals surface area contributed by atoms with Gasteiger partial charge in [-0.05, 0) is 91.6 Å². The first-order chi connectivity index (χ1) is 14.9. The van der Waals surface area contributed by atoms with E-state index in [2.05, 4.69) is 32.6 Å². The number of ether oxygens (including phenoxy) is 1. The molecule has 31 heavy (non-hydrogen) atoms. The van der Waals surface area contributed by atoms with Crippen LogP contribution in [-0.2, 0) is 0 Å². The first-order valence-corrected chi connectivity index (χ1v) is 10.2. The molecule has 1 aromatic heterocycles. The van der Waals surface area contributed by atoms with Crippen molar-refractivity contribution in [3.63, 3.8) is 0 Å². The maximum Gasteiger partial charge on any atom is 0.145 e. The summed E-state index contributed by atoms with van der Waals surface area (Å²) in [6, 6.07) is 9.06. The first-order valence-electron chi connectivity index (χ1n) is 10.2. The van der Waals surface area contributed by atoms with Crippen LogP contribution >= 0.6 is 0 Å². The van der Waals surface area contributed by atoms with Crippen molar-refractivity contribution in [2.75, 3.05) is 7.11 Å². The first kappa shape index (κ1) is 22.1. The molecule has 0 saturated carbocycles. The molecule has 0 unspecified atom stereocenters. The molecule has 3 rings (SSSR count). The van der Waals surface area contributed by atoms with Crippen LogP contribution in [-0.4, -0.2) is 12.1 Å². The number of rotatable bonds is 5. The molecule has 0 fully saturated rings. The lowest BCUT2D eigenvalue weighted by atomic mass is 9.94. The van der Waals surface area contributed by atoms with Crippen molar-refractivity contribution in [3.8, 4) is 28.7 Å². The van der Waals surface area contributed by atoms with E-state index in [9.17, 15) is 4.39 Å². The molecule has 4 heteroatoms. The lowest BCUT2D eigenvalue weighted by Gasteiger charge is -2.17. The van der Waals surface area contributed by atoms with Gasteiger partial charge in [-0.3, -0.25) is 0 Å². The van der Waals surface area contributed by atoms with Crippen LogP contribution < -0.4 is 10.5 Å². The number of fused-ring (bicyclic) bond motifs is 1. The number of aryl methyl sites for hydroxylation is 1. The fraction of sp³-hybridized carbons (Fsp3) is 0.222. The molecule has 0 bridgehead atoms. The summed E-state index contributed by atoms with van der Waals surface area (Å²) < 4.78 is 20.2. The molecule has 1 heterocycles. The minimum absolute atomic E-state index is 0.335. The highest BCUT2D eigenvalue weighted by Crippen LogP contribution is 2.36. The molecule has 158 valence electrons. The molecule has 3 nitrogen and oxygen atoms in total. The van der Waals surface area contributed by atoms with Gasteiger partial charge in [-0.2, -0.15) is 0 Å². The Morgan fingerprint density at radius 3 is 2.55 bits per heavy atom. The summed E-state index contributed by atoms with van der Waals surface area (Å²) in [6.45, 7) is 7.94. The third kappa shape index (κ3) is 4.32. The molecule has 0 aliphatic carbocycles. The second-order valence-electron chi connectivity index (χ2n) is 7.29. The van der Waals surface area contributed by atoms with Crippen LogP contribution in [0.3, 0.4) is 0 Å². The van der Waals surface area contributed by atoms with Crippen LogP contribution in [0.4, 0.5) is 4.39 Å². The maximum absolute atomic E-state index is 14.5. The van der Waals surface area contributed by atoms with E-state index in [1.807, 2.05) is 30.4 Å². The molecule has 0 aliphatic heterocycles. The number of allylic oxidation sites excluding steroid dienone is 3. The minimum atomic E-state index is -0.335. The largest absolute Gasteiger partial charge is 0.494 e. The van der Waals surface area contributed by atoms with Crippen molar-refractivity contribution in [3.05, 3.63) is 76.9 Å². The minimum Gasteiger partial charge on any atom is -0.494 e. The van der Waals surface area contributed by atoms with Crippen LogP contribution in [0.15, 0.2) is 48.7 Å². The Labute approximate surface area is 183 Å². The van der Waals surface area contributed by atoms with Gasteiger partial charge in [0.1, 0.15) is 17.1 Å². The van der Waals surface area contributed by atoms with Crippen molar-refractivity contribution >= 4 is 16.5 Å². The standard InChI is InChI=1S/C27H27FN2O/c1-6-9-20-11-12-21(15-24(20)28)22-14-23-17(3)18(4)26(19(7-2)10-8-13-29)30-27(23)25(16-22)31-5/h8,10-16H,7,29H2,1-5H3. The van der Waals surface area contributed by atoms with Gasteiger partial charge in [-0.25, -0.2) is 9.37 Å². The molecule has 0 spiro atoms. The zero-order chi connectivity index (χ0) is 22.5. The summed E-state index contributed by atoms with van der Waals surface area (Å²) in [6.07, 6.45) is 6.16. The van der Waals surface area contributed by atoms with E-state index in [1.54, 1.807) is 20.1 Å². The van der Waals surface area contributed by atoms with Crippen molar-refractivity contribution in [2.24, 2.45) is 5.73 Å². The van der Waals surface area contributed by atoms with Crippen molar-refractivity contribution in [1.82, 2.24) is 4.98 Å². The zero-order valence-corrected chi connectivity index (χ0v) is 18.6.